The largest absolute Gasteiger partial charge is 0.338 e. The van der Waals surface area contributed by atoms with Crippen LogP contribution < -0.4 is 0 Å². The predicted molar refractivity (Wildman–Crippen MR) is 125 cm³/mol. The molecule has 2 aliphatic rings. The molecule has 0 aliphatic carbocycles. The zero-order chi connectivity index (χ0) is 22.0. The number of hydrogen-bond acceptors (Lipinski definition) is 6. The van der Waals surface area contributed by atoms with Gasteiger partial charge in [-0.15, -0.1) is 11.3 Å². The molecule has 0 radical (unpaired) electrons. The van der Waals surface area contributed by atoms with E-state index in [-0.39, 0.29) is 27.4 Å². The highest BCUT2D eigenvalue weighted by molar-refractivity contribution is 7.99. The van der Waals surface area contributed by atoms with Gasteiger partial charge in [0.1, 0.15) is 9.77 Å². The number of nitrogens with zero attached hydrogens (tertiary/aromatic N) is 2. The lowest BCUT2D eigenvalue weighted by Crippen LogP contribution is -2.41. The summed E-state index contributed by atoms with van der Waals surface area (Å²) in [6, 6.07) is 9.13. The zero-order valence-corrected chi connectivity index (χ0v) is 19.9. The molecule has 0 unspecified atom stereocenters. The Morgan fingerprint density at radius 2 is 1.61 bits per heavy atom. The highest BCUT2D eigenvalue weighted by atomic mass is 32.2. The van der Waals surface area contributed by atoms with Crippen LogP contribution in [0.5, 0.6) is 0 Å². The quantitative estimate of drug-likeness (QED) is 0.615. The van der Waals surface area contributed by atoms with E-state index in [4.69, 9.17) is 0 Å². The summed E-state index contributed by atoms with van der Waals surface area (Å²) in [6.07, 6.45) is 1.19. The third-order valence-corrected chi connectivity index (χ3v) is 9.82. The van der Waals surface area contributed by atoms with Crippen molar-refractivity contribution >= 4 is 44.8 Å². The Kier molecular flexibility index (Phi) is 6.86. The first-order valence-electron chi connectivity index (χ1n) is 10.4. The molecule has 0 bridgehead atoms. The minimum atomic E-state index is -3.67. The molecule has 1 aromatic carbocycles. The van der Waals surface area contributed by atoms with E-state index in [1.165, 1.54) is 15.6 Å². The molecule has 6 nitrogen and oxygen atoms in total. The lowest BCUT2D eigenvalue weighted by Gasteiger charge is -2.31. The summed E-state index contributed by atoms with van der Waals surface area (Å²) in [4.78, 5) is 28.0. The van der Waals surface area contributed by atoms with Gasteiger partial charge in [-0.25, -0.2) is 8.42 Å². The first kappa shape index (κ1) is 22.5. The van der Waals surface area contributed by atoms with Gasteiger partial charge in [0, 0.05) is 49.2 Å². The molecular weight excluding hydrogens is 452 g/mol. The number of aryl methyl sites for hydroxylation is 1. The fourth-order valence-electron chi connectivity index (χ4n) is 4.02. The Hall–Kier alpha value is -1.68. The molecule has 0 spiro atoms. The third-order valence-electron chi connectivity index (χ3n) is 5.90. The van der Waals surface area contributed by atoms with Crippen LogP contribution >= 0.6 is 23.1 Å². The monoisotopic (exact) mass is 478 g/mol. The average molecular weight is 479 g/mol. The number of benzene rings is 1. The first-order valence-corrected chi connectivity index (χ1v) is 13.9. The third kappa shape index (κ3) is 4.74. The summed E-state index contributed by atoms with van der Waals surface area (Å²) in [5, 5.41) is 1.67. The van der Waals surface area contributed by atoms with Gasteiger partial charge in [0.15, 0.2) is 5.78 Å². The average Bonchev–Trinajstić information content (AvgIpc) is 3.30. The van der Waals surface area contributed by atoms with Crippen LogP contribution in [-0.4, -0.2) is 67.0 Å². The maximum absolute atomic E-state index is 13.2. The van der Waals surface area contributed by atoms with Crippen molar-refractivity contribution in [2.75, 3.05) is 37.7 Å². The Balaban J connectivity index is 1.43. The number of piperidine rings is 1. The van der Waals surface area contributed by atoms with Crippen molar-refractivity contribution in [1.82, 2.24) is 9.21 Å². The molecule has 2 aromatic rings. The number of rotatable bonds is 5. The van der Waals surface area contributed by atoms with Crippen LogP contribution in [0.2, 0.25) is 0 Å². The standard InChI is InChI=1S/C22H26N2O4S3/c1-16-2-4-17(5-3-16)20(25)18-6-9-23(10-7-18)22(26)21-19(8-13-30-21)31(27,28)24-11-14-29-15-12-24/h2-5,8,13,18H,6-7,9-12,14-15H2,1H3. The van der Waals surface area contributed by atoms with Gasteiger partial charge in [0.2, 0.25) is 10.0 Å². The maximum atomic E-state index is 13.2. The SMILES string of the molecule is Cc1ccc(C(=O)C2CCN(C(=O)c3sccc3S(=O)(=O)N3CCSCC3)CC2)cc1. The number of sulfonamides is 1. The van der Waals surface area contributed by atoms with E-state index in [0.717, 1.165) is 17.1 Å². The van der Waals surface area contributed by atoms with Gasteiger partial charge in [0.25, 0.3) is 5.91 Å². The second-order valence-corrected chi connectivity index (χ2v) is 12.0. The number of carbonyl (C=O) groups is 2. The smallest absolute Gasteiger partial charge is 0.265 e. The molecule has 0 N–H and O–H groups in total. The number of likely N-dealkylation sites (tertiary alicyclic amines) is 1. The number of ketones is 1. The molecule has 9 heteroatoms. The summed E-state index contributed by atoms with van der Waals surface area (Å²) in [6.45, 7) is 3.85. The lowest BCUT2D eigenvalue weighted by atomic mass is 9.88. The predicted octanol–water partition coefficient (Wildman–Crippen LogP) is 3.53. The number of carbonyl (C=O) groups excluding carboxylic acids is 2. The molecule has 166 valence electrons. The van der Waals surface area contributed by atoms with Gasteiger partial charge in [-0.2, -0.15) is 16.1 Å². The molecule has 1 aromatic heterocycles. The van der Waals surface area contributed by atoms with Crippen LogP contribution in [0.1, 0.15) is 38.4 Å². The van der Waals surface area contributed by atoms with Gasteiger partial charge in [-0.1, -0.05) is 29.8 Å². The molecule has 2 fully saturated rings. The second kappa shape index (κ2) is 9.44. The molecule has 2 saturated heterocycles. The van der Waals surface area contributed by atoms with Crippen molar-refractivity contribution in [3.63, 3.8) is 0 Å². The summed E-state index contributed by atoms with van der Waals surface area (Å²) in [5.41, 5.74) is 1.82. The Morgan fingerprint density at radius 1 is 0.968 bits per heavy atom. The van der Waals surface area contributed by atoms with Crippen molar-refractivity contribution in [1.29, 1.82) is 0 Å². The van der Waals surface area contributed by atoms with E-state index < -0.39 is 10.0 Å². The van der Waals surface area contributed by atoms with E-state index in [2.05, 4.69) is 0 Å². The number of Topliss-reactive ketones (excluding diaryl/α,β-unsaturated/α-hetero) is 1. The van der Waals surface area contributed by atoms with E-state index in [0.29, 0.717) is 44.6 Å². The first-order chi connectivity index (χ1) is 14.9. The van der Waals surface area contributed by atoms with Crippen LogP contribution in [0.4, 0.5) is 0 Å². The van der Waals surface area contributed by atoms with Crippen molar-refractivity contribution in [2.24, 2.45) is 5.92 Å². The van der Waals surface area contributed by atoms with E-state index >= 15 is 0 Å². The fourth-order valence-corrected chi connectivity index (χ4v) is 7.96. The molecule has 0 atom stereocenters. The summed E-state index contributed by atoms with van der Waals surface area (Å²) >= 11 is 2.92. The number of thiophene rings is 1. The van der Waals surface area contributed by atoms with Crippen molar-refractivity contribution in [3.05, 3.63) is 51.7 Å². The number of thioether (sulfide) groups is 1. The topological polar surface area (TPSA) is 74.8 Å². The van der Waals surface area contributed by atoms with Gasteiger partial charge < -0.3 is 4.90 Å². The van der Waals surface area contributed by atoms with Crippen molar-refractivity contribution < 1.29 is 18.0 Å². The zero-order valence-electron chi connectivity index (χ0n) is 17.5. The van der Waals surface area contributed by atoms with Crippen LogP contribution in [-0.2, 0) is 10.0 Å². The van der Waals surface area contributed by atoms with Gasteiger partial charge in [-0.05, 0) is 31.2 Å². The van der Waals surface area contributed by atoms with E-state index in [1.807, 2.05) is 31.2 Å². The highest BCUT2D eigenvalue weighted by Crippen LogP contribution is 2.30. The lowest BCUT2D eigenvalue weighted by molar-refractivity contribution is 0.0651. The fraction of sp³-hybridized carbons (Fsp3) is 0.455. The minimum Gasteiger partial charge on any atom is -0.338 e. The van der Waals surface area contributed by atoms with Gasteiger partial charge in [0.05, 0.1) is 0 Å². The van der Waals surface area contributed by atoms with Crippen LogP contribution in [0.3, 0.4) is 0 Å². The maximum Gasteiger partial charge on any atom is 0.265 e. The number of amides is 1. The van der Waals surface area contributed by atoms with Crippen molar-refractivity contribution in [3.8, 4) is 0 Å². The molecule has 0 saturated carbocycles. The van der Waals surface area contributed by atoms with Crippen LogP contribution in [0.25, 0.3) is 0 Å². The molecule has 3 heterocycles. The van der Waals surface area contributed by atoms with Crippen LogP contribution in [0.15, 0.2) is 40.6 Å². The van der Waals surface area contributed by atoms with Gasteiger partial charge in [-0.3, -0.25) is 9.59 Å². The van der Waals surface area contributed by atoms with E-state index in [9.17, 15) is 18.0 Å². The minimum absolute atomic E-state index is 0.107. The van der Waals surface area contributed by atoms with Gasteiger partial charge >= 0.3 is 0 Å². The Bertz CT molecular complexity index is 1050. The summed E-state index contributed by atoms with van der Waals surface area (Å²) in [5.74, 6) is 1.31. The summed E-state index contributed by atoms with van der Waals surface area (Å²) in [7, 11) is -3.67. The molecular formula is C22H26N2O4S3. The second-order valence-electron chi connectivity index (χ2n) is 7.93. The Labute approximate surface area is 191 Å². The molecule has 1 amide bonds. The molecule has 2 aliphatic heterocycles. The van der Waals surface area contributed by atoms with Crippen molar-refractivity contribution in [2.45, 2.75) is 24.7 Å². The van der Waals surface area contributed by atoms with Crippen LogP contribution in [0, 0.1) is 12.8 Å². The molecule has 4 rings (SSSR count). The normalized spacial score (nSPS) is 18.8. The summed E-state index contributed by atoms with van der Waals surface area (Å²) < 4.78 is 27.7. The number of hydrogen-bond donors (Lipinski definition) is 0. The van der Waals surface area contributed by atoms with E-state index in [1.54, 1.807) is 28.1 Å². The highest BCUT2D eigenvalue weighted by Gasteiger charge is 2.34. The molecule has 31 heavy (non-hydrogen) atoms. The Morgan fingerprint density at radius 3 is 2.26 bits per heavy atom.